The summed E-state index contributed by atoms with van der Waals surface area (Å²) in [4.78, 5) is 20.0. The van der Waals surface area contributed by atoms with Crippen LogP contribution in [-0.2, 0) is 6.18 Å². The molecule has 5 nitrogen and oxygen atoms in total. The Morgan fingerprint density at radius 3 is 2.35 bits per heavy atom. The van der Waals surface area contributed by atoms with E-state index in [1.165, 1.54) is 6.07 Å². The molecule has 3 rings (SSSR count). The number of anilines is 2. The number of benzene rings is 1. The maximum atomic E-state index is 12.9. The minimum Gasteiger partial charge on any atom is -0.368 e. The average molecular weight is 385 g/mol. The van der Waals surface area contributed by atoms with Gasteiger partial charge in [0.05, 0.1) is 10.6 Å². The number of hydrogen-bond acceptors (Lipinski definition) is 3. The number of hydrogen-bond donors (Lipinski definition) is 1. The number of amides is 2. The molecule has 1 aliphatic heterocycles. The van der Waals surface area contributed by atoms with E-state index in [9.17, 15) is 18.0 Å². The first-order valence-electron chi connectivity index (χ1n) is 7.92. The fourth-order valence-corrected chi connectivity index (χ4v) is 2.97. The summed E-state index contributed by atoms with van der Waals surface area (Å²) in [6, 6.07) is 6.66. The maximum Gasteiger partial charge on any atom is 0.417 e. The molecule has 1 aromatic carbocycles. The minimum absolute atomic E-state index is 0.0586. The molecule has 1 aliphatic rings. The fourth-order valence-electron chi connectivity index (χ4n) is 2.75. The molecule has 0 atom stereocenters. The van der Waals surface area contributed by atoms with Gasteiger partial charge in [0, 0.05) is 49.9 Å². The molecular formula is C17H16ClF3N4O. The number of carbonyl (C=O) groups excluding carboxylic acids is 1. The zero-order chi connectivity index (χ0) is 18.7. The third kappa shape index (κ3) is 4.19. The number of nitrogens with zero attached hydrogens (tertiary/aromatic N) is 3. The van der Waals surface area contributed by atoms with Crippen molar-refractivity contribution in [3.8, 4) is 0 Å². The molecule has 0 bridgehead atoms. The smallest absolute Gasteiger partial charge is 0.368 e. The zero-order valence-corrected chi connectivity index (χ0v) is 14.4. The van der Waals surface area contributed by atoms with Crippen molar-refractivity contribution in [1.29, 1.82) is 0 Å². The second-order valence-electron chi connectivity index (χ2n) is 5.80. The number of carbonyl (C=O) groups is 1. The predicted octanol–water partition coefficient (Wildman–Crippen LogP) is 4.11. The molecule has 2 heterocycles. The van der Waals surface area contributed by atoms with Gasteiger partial charge < -0.3 is 15.1 Å². The van der Waals surface area contributed by atoms with Crippen LogP contribution in [-0.4, -0.2) is 42.1 Å². The van der Waals surface area contributed by atoms with E-state index in [-0.39, 0.29) is 5.69 Å². The van der Waals surface area contributed by atoms with Gasteiger partial charge in [0.2, 0.25) is 0 Å². The van der Waals surface area contributed by atoms with Crippen LogP contribution in [0.3, 0.4) is 0 Å². The topological polar surface area (TPSA) is 48.5 Å². The van der Waals surface area contributed by atoms with Crippen molar-refractivity contribution in [2.45, 2.75) is 6.18 Å². The molecule has 1 saturated heterocycles. The first-order chi connectivity index (χ1) is 12.3. The summed E-state index contributed by atoms with van der Waals surface area (Å²) >= 11 is 5.59. The Morgan fingerprint density at radius 2 is 1.73 bits per heavy atom. The normalized spacial score (nSPS) is 15.1. The van der Waals surface area contributed by atoms with E-state index in [0.29, 0.717) is 26.2 Å². The Kier molecular flexibility index (Phi) is 5.22. The van der Waals surface area contributed by atoms with Crippen LogP contribution < -0.4 is 10.2 Å². The van der Waals surface area contributed by atoms with Gasteiger partial charge in [0.25, 0.3) is 0 Å². The largest absolute Gasteiger partial charge is 0.417 e. The van der Waals surface area contributed by atoms with E-state index in [0.717, 1.165) is 17.8 Å². The molecule has 1 fully saturated rings. The number of piperazine rings is 1. The molecule has 2 aromatic rings. The lowest BCUT2D eigenvalue weighted by Gasteiger charge is -2.36. The molecule has 0 aliphatic carbocycles. The third-order valence-corrected chi connectivity index (χ3v) is 4.45. The lowest BCUT2D eigenvalue weighted by molar-refractivity contribution is -0.137. The standard InChI is InChI=1S/C17H16ClF3N4O/c18-15-2-1-12(11-14(15)17(19,20)21)23-16(26)25-9-7-24(8-10-25)13-3-5-22-6-4-13/h1-6,11H,7-10H2,(H,23,26). The van der Waals surface area contributed by atoms with Gasteiger partial charge in [-0.15, -0.1) is 0 Å². The molecule has 26 heavy (non-hydrogen) atoms. The number of pyridine rings is 1. The van der Waals surface area contributed by atoms with Gasteiger partial charge >= 0.3 is 12.2 Å². The number of aromatic nitrogens is 1. The van der Waals surface area contributed by atoms with Crippen molar-refractivity contribution in [2.75, 3.05) is 36.4 Å². The molecule has 9 heteroatoms. The summed E-state index contributed by atoms with van der Waals surface area (Å²) in [7, 11) is 0. The van der Waals surface area contributed by atoms with Crippen LogP contribution in [0.15, 0.2) is 42.7 Å². The third-order valence-electron chi connectivity index (χ3n) is 4.12. The van der Waals surface area contributed by atoms with Crippen LogP contribution in [0.5, 0.6) is 0 Å². The summed E-state index contributed by atoms with van der Waals surface area (Å²) in [5.41, 5.74) is 0.107. The summed E-state index contributed by atoms with van der Waals surface area (Å²) < 4.78 is 38.7. The van der Waals surface area contributed by atoms with E-state index in [1.807, 2.05) is 12.1 Å². The summed E-state index contributed by atoms with van der Waals surface area (Å²) in [6.07, 6.45) is -1.17. The SMILES string of the molecule is O=C(Nc1ccc(Cl)c(C(F)(F)F)c1)N1CCN(c2ccncc2)CC1. The molecule has 1 aromatic heterocycles. The van der Waals surface area contributed by atoms with Crippen LogP contribution in [0.1, 0.15) is 5.56 Å². The maximum absolute atomic E-state index is 12.9. The molecule has 1 N–H and O–H groups in total. The Hall–Kier alpha value is -2.48. The van der Waals surface area contributed by atoms with E-state index in [4.69, 9.17) is 11.6 Å². The summed E-state index contributed by atoms with van der Waals surface area (Å²) in [5, 5.41) is 2.10. The average Bonchev–Trinajstić information content (AvgIpc) is 2.63. The number of rotatable bonds is 2. The number of halogens is 4. The van der Waals surface area contributed by atoms with Crippen LogP contribution in [0.25, 0.3) is 0 Å². The Morgan fingerprint density at radius 1 is 1.08 bits per heavy atom. The van der Waals surface area contributed by atoms with Crippen LogP contribution in [0, 0.1) is 0 Å². The van der Waals surface area contributed by atoms with Crippen molar-refractivity contribution in [2.24, 2.45) is 0 Å². The van der Waals surface area contributed by atoms with Crippen LogP contribution in [0.2, 0.25) is 5.02 Å². The van der Waals surface area contributed by atoms with Crippen molar-refractivity contribution in [3.05, 3.63) is 53.3 Å². The molecule has 0 unspecified atom stereocenters. The Labute approximate surface area is 153 Å². The van der Waals surface area contributed by atoms with Crippen LogP contribution >= 0.6 is 11.6 Å². The highest BCUT2D eigenvalue weighted by Gasteiger charge is 2.33. The van der Waals surface area contributed by atoms with Crippen molar-refractivity contribution < 1.29 is 18.0 Å². The van der Waals surface area contributed by atoms with Crippen molar-refractivity contribution in [3.63, 3.8) is 0 Å². The van der Waals surface area contributed by atoms with Gasteiger partial charge in [-0.1, -0.05) is 11.6 Å². The van der Waals surface area contributed by atoms with Gasteiger partial charge in [0.1, 0.15) is 0 Å². The van der Waals surface area contributed by atoms with E-state index >= 15 is 0 Å². The van der Waals surface area contributed by atoms with Gasteiger partial charge in [-0.05, 0) is 30.3 Å². The molecule has 0 spiro atoms. The highest BCUT2D eigenvalue weighted by Crippen LogP contribution is 2.36. The quantitative estimate of drug-likeness (QED) is 0.847. The predicted molar refractivity (Wildman–Crippen MR) is 93.5 cm³/mol. The van der Waals surface area contributed by atoms with Gasteiger partial charge in [-0.3, -0.25) is 4.98 Å². The molecule has 0 radical (unpaired) electrons. The van der Waals surface area contributed by atoms with E-state index < -0.39 is 22.8 Å². The number of nitrogens with one attached hydrogen (secondary N) is 1. The second kappa shape index (κ2) is 7.41. The minimum atomic E-state index is -4.58. The van der Waals surface area contributed by atoms with E-state index in [2.05, 4.69) is 15.2 Å². The van der Waals surface area contributed by atoms with Crippen molar-refractivity contribution >= 4 is 29.0 Å². The zero-order valence-electron chi connectivity index (χ0n) is 13.6. The Bertz CT molecular complexity index is 777. The fraction of sp³-hybridized carbons (Fsp3) is 0.294. The molecular weight excluding hydrogens is 369 g/mol. The first kappa shape index (κ1) is 18.3. The van der Waals surface area contributed by atoms with Crippen molar-refractivity contribution in [1.82, 2.24) is 9.88 Å². The number of alkyl halides is 3. The number of urea groups is 1. The van der Waals surface area contributed by atoms with Crippen LogP contribution in [0.4, 0.5) is 29.3 Å². The molecule has 138 valence electrons. The molecule has 2 amide bonds. The van der Waals surface area contributed by atoms with E-state index in [1.54, 1.807) is 17.3 Å². The second-order valence-corrected chi connectivity index (χ2v) is 6.21. The molecule has 0 saturated carbocycles. The lowest BCUT2D eigenvalue weighted by Crippen LogP contribution is -2.50. The van der Waals surface area contributed by atoms with Gasteiger partial charge in [-0.2, -0.15) is 13.2 Å². The monoisotopic (exact) mass is 384 g/mol. The summed E-state index contributed by atoms with van der Waals surface area (Å²) in [5.74, 6) is 0. The first-order valence-corrected chi connectivity index (χ1v) is 8.30. The van der Waals surface area contributed by atoms with Gasteiger partial charge in [-0.25, -0.2) is 4.79 Å². The Balaban J connectivity index is 1.61. The highest BCUT2D eigenvalue weighted by atomic mass is 35.5. The van der Waals surface area contributed by atoms with Gasteiger partial charge in [0.15, 0.2) is 0 Å². The highest BCUT2D eigenvalue weighted by molar-refractivity contribution is 6.31. The lowest BCUT2D eigenvalue weighted by atomic mass is 10.2. The summed E-state index contributed by atoms with van der Waals surface area (Å²) in [6.45, 7) is 2.19.